The van der Waals surface area contributed by atoms with E-state index in [-0.39, 0.29) is 19.0 Å². The van der Waals surface area contributed by atoms with Crippen molar-refractivity contribution < 1.29 is 13.6 Å². The summed E-state index contributed by atoms with van der Waals surface area (Å²) in [6.45, 7) is 1.51. The number of nitrogens with zero attached hydrogens (tertiary/aromatic N) is 1. The summed E-state index contributed by atoms with van der Waals surface area (Å²) in [5.74, 6) is -3.65. The molecule has 1 aliphatic heterocycles. The molecule has 1 atom stereocenters. The largest absolute Gasteiger partial charge is 0.341 e. The molecule has 1 rings (SSSR count). The van der Waals surface area contributed by atoms with Crippen LogP contribution >= 0.6 is 0 Å². The number of amides is 1. The smallest absolute Gasteiger partial charge is 0.249 e. The van der Waals surface area contributed by atoms with Gasteiger partial charge >= 0.3 is 0 Å². The van der Waals surface area contributed by atoms with Gasteiger partial charge < -0.3 is 10.6 Å². The van der Waals surface area contributed by atoms with Gasteiger partial charge in [0.15, 0.2) is 0 Å². The SMILES string of the molecule is CC(F)(F)[C@@H]1CCCN(C(=O)CN)C1. The highest BCUT2D eigenvalue weighted by Crippen LogP contribution is 2.31. The minimum absolute atomic E-state index is 0.0952. The third-order valence-electron chi connectivity index (χ3n) is 2.67. The summed E-state index contributed by atoms with van der Waals surface area (Å²) < 4.78 is 26.0. The first-order valence-electron chi connectivity index (χ1n) is 4.81. The van der Waals surface area contributed by atoms with Gasteiger partial charge in [-0.05, 0) is 19.8 Å². The molecule has 0 unspecified atom stereocenters. The summed E-state index contributed by atoms with van der Waals surface area (Å²) in [5.41, 5.74) is 5.18. The number of rotatable bonds is 2. The second-order valence-corrected chi connectivity index (χ2v) is 3.84. The van der Waals surface area contributed by atoms with Crippen molar-refractivity contribution in [1.82, 2.24) is 4.90 Å². The molecule has 82 valence electrons. The van der Waals surface area contributed by atoms with Gasteiger partial charge in [-0.25, -0.2) is 8.78 Å². The maximum Gasteiger partial charge on any atom is 0.249 e. The van der Waals surface area contributed by atoms with E-state index in [0.29, 0.717) is 19.4 Å². The second kappa shape index (κ2) is 4.21. The molecule has 0 aromatic heterocycles. The van der Waals surface area contributed by atoms with Crippen LogP contribution in [0.3, 0.4) is 0 Å². The molecule has 0 bridgehead atoms. The Morgan fingerprint density at radius 3 is 2.79 bits per heavy atom. The van der Waals surface area contributed by atoms with Crippen LogP contribution in [-0.2, 0) is 4.79 Å². The quantitative estimate of drug-likeness (QED) is 0.727. The van der Waals surface area contributed by atoms with Gasteiger partial charge in [0, 0.05) is 19.0 Å². The Labute approximate surface area is 82.2 Å². The predicted molar refractivity (Wildman–Crippen MR) is 49.0 cm³/mol. The van der Waals surface area contributed by atoms with Gasteiger partial charge in [-0.1, -0.05) is 0 Å². The lowest BCUT2D eigenvalue weighted by Crippen LogP contribution is -2.46. The Kier molecular flexibility index (Phi) is 3.42. The normalized spacial score (nSPS) is 23.7. The van der Waals surface area contributed by atoms with Gasteiger partial charge in [0.2, 0.25) is 11.8 Å². The van der Waals surface area contributed by atoms with Gasteiger partial charge in [-0.15, -0.1) is 0 Å². The average Bonchev–Trinajstić information content (AvgIpc) is 2.15. The molecule has 0 spiro atoms. The molecule has 14 heavy (non-hydrogen) atoms. The zero-order valence-corrected chi connectivity index (χ0v) is 8.30. The van der Waals surface area contributed by atoms with Crippen molar-refractivity contribution in [1.29, 1.82) is 0 Å². The lowest BCUT2D eigenvalue weighted by Gasteiger charge is -2.35. The number of carbonyl (C=O) groups is 1. The first-order chi connectivity index (χ1) is 6.45. The number of nitrogens with two attached hydrogens (primary N) is 1. The highest BCUT2D eigenvalue weighted by molar-refractivity contribution is 5.78. The number of piperidine rings is 1. The summed E-state index contributed by atoms with van der Waals surface area (Å²) in [6.07, 6.45) is 1.12. The summed E-state index contributed by atoms with van der Waals surface area (Å²) >= 11 is 0. The molecule has 0 saturated carbocycles. The van der Waals surface area contributed by atoms with Crippen LogP contribution < -0.4 is 5.73 Å². The summed E-state index contributed by atoms with van der Waals surface area (Å²) in [4.78, 5) is 12.6. The van der Waals surface area contributed by atoms with Crippen molar-refractivity contribution in [2.24, 2.45) is 11.7 Å². The van der Waals surface area contributed by atoms with E-state index in [1.807, 2.05) is 0 Å². The molecule has 3 nitrogen and oxygen atoms in total. The number of hydrogen-bond donors (Lipinski definition) is 1. The highest BCUT2D eigenvalue weighted by atomic mass is 19.3. The number of likely N-dealkylation sites (tertiary alicyclic amines) is 1. The molecular weight excluding hydrogens is 190 g/mol. The van der Waals surface area contributed by atoms with Crippen LogP contribution in [0.25, 0.3) is 0 Å². The van der Waals surface area contributed by atoms with E-state index in [2.05, 4.69) is 0 Å². The van der Waals surface area contributed by atoms with Gasteiger partial charge in [-0.2, -0.15) is 0 Å². The van der Waals surface area contributed by atoms with Crippen LogP contribution in [0.4, 0.5) is 8.78 Å². The molecule has 0 aromatic carbocycles. The summed E-state index contributed by atoms with van der Waals surface area (Å²) in [6, 6.07) is 0. The number of hydrogen-bond acceptors (Lipinski definition) is 2. The monoisotopic (exact) mass is 206 g/mol. The van der Waals surface area contributed by atoms with E-state index in [9.17, 15) is 13.6 Å². The maximum atomic E-state index is 13.0. The molecule has 1 amide bonds. The van der Waals surface area contributed by atoms with Gasteiger partial charge in [0.25, 0.3) is 0 Å². The van der Waals surface area contributed by atoms with Crippen molar-refractivity contribution in [2.45, 2.75) is 25.7 Å². The van der Waals surface area contributed by atoms with Crippen LogP contribution in [0.5, 0.6) is 0 Å². The van der Waals surface area contributed by atoms with Crippen molar-refractivity contribution in [3.05, 3.63) is 0 Å². The number of halogens is 2. The lowest BCUT2D eigenvalue weighted by atomic mass is 9.92. The highest BCUT2D eigenvalue weighted by Gasteiger charge is 2.37. The van der Waals surface area contributed by atoms with E-state index in [0.717, 1.165) is 6.92 Å². The van der Waals surface area contributed by atoms with Crippen molar-refractivity contribution in [2.75, 3.05) is 19.6 Å². The Morgan fingerprint density at radius 1 is 1.64 bits per heavy atom. The van der Waals surface area contributed by atoms with Gasteiger partial charge in [-0.3, -0.25) is 4.79 Å². The zero-order chi connectivity index (χ0) is 10.8. The molecule has 1 aliphatic rings. The van der Waals surface area contributed by atoms with E-state index >= 15 is 0 Å². The van der Waals surface area contributed by atoms with Crippen LogP contribution in [0.2, 0.25) is 0 Å². The molecule has 0 radical (unpaired) electrons. The van der Waals surface area contributed by atoms with E-state index in [1.54, 1.807) is 0 Å². The third kappa shape index (κ3) is 2.64. The molecule has 0 aliphatic carbocycles. The predicted octanol–water partition coefficient (Wildman–Crippen LogP) is 0.839. The molecule has 1 heterocycles. The van der Waals surface area contributed by atoms with Crippen molar-refractivity contribution >= 4 is 5.91 Å². The first-order valence-corrected chi connectivity index (χ1v) is 4.81. The molecule has 1 saturated heterocycles. The molecular formula is C9H16F2N2O. The Bertz CT molecular complexity index is 215. The fourth-order valence-corrected chi connectivity index (χ4v) is 1.75. The third-order valence-corrected chi connectivity index (χ3v) is 2.67. The second-order valence-electron chi connectivity index (χ2n) is 3.84. The fraction of sp³-hybridized carbons (Fsp3) is 0.889. The average molecular weight is 206 g/mol. The Hall–Kier alpha value is -0.710. The topological polar surface area (TPSA) is 46.3 Å². The van der Waals surface area contributed by atoms with Crippen molar-refractivity contribution in [3.63, 3.8) is 0 Å². The van der Waals surface area contributed by atoms with E-state index in [4.69, 9.17) is 5.73 Å². The van der Waals surface area contributed by atoms with E-state index in [1.165, 1.54) is 4.90 Å². The molecule has 0 aromatic rings. The minimum atomic E-state index is -2.70. The number of carbonyl (C=O) groups excluding carboxylic acids is 1. The standard InChI is InChI=1S/C9H16F2N2O/c1-9(10,11)7-3-2-4-13(6-7)8(14)5-12/h7H,2-6,12H2,1H3/t7-/m1/s1. The van der Waals surface area contributed by atoms with E-state index < -0.39 is 11.8 Å². The van der Waals surface area contributed by atoms with Gasteiger partial charge in [0.05, 0.1) is 6.54 Å². The van der Waals surface area contributed by atoms with Crippen LogP contribution in [0.15, 0.2) is 0 Å². The van der Waals surface area contributed by atoms with Crippen LogP contribution in [-0.4, -0.2) is 36.4 Å². The summed E-state index contributed by atoms with van der Waals surface area (Å²) in [7, 11) is 0. The number of alkyl halides is 2. The fourth-order valence-electron chi connectivity index (χ4n) is 1.75. The zero-order valence-electron chi connectivity index (χ0n) is 8.30. The maximum absolute atomic E-state index is 13.0. The van der Waals surface area contributed by atoms with Crippen LogP contribution in [0, 0.1) is 5.92 Å². The van der Waals surface area contributed by atoms with Gasteiger partial charge in [0.1, 0.15) is 0 Å². The first kappa shape index (κ1) is 11.4. The molecule has 1 fully saturated rings. The molecule has 5 heteroatoms. The lowest BCUT2D eigenvalue weighted by molar-refractivity contribution is -0.135. The minimum Gasteiger partial charge on any atom is -0.341 e. The Balaban J connectivity index is 2.56. The van der Waals surface area contributed by atoms with Crippen LogP contribution in [0.1, 0.15) is 19.8 Å². The Morgan fingerprint density at radius 2 is 2.29 bits per heavy atom. The van der Waals surface area contributed by atoms with Crippen molar-refractivity contribution in [3.8, 4) is 0 Å². The molecule has 2 N–H and O–H groups in total. The summed E-state index contributed by atoms with van der Waals surface area (Å²) in [5, 5.41) is 0.